The van der Waals surface area contributed by atoms with Gasteiger partial charge in [-0.3, -0.25) is 4.90 Å². The molecule has 0 unspecified atom stereocenters. The number of benzene rings is 2. The highest BCUT2D eigenvalue weighted by molar-refractivity contribution is 5.86. The first-order chi connectivity index (χ1) is 12.8. The van der Waals surface area contributed by atoms with Gasteiger partial charge in [0.05, 0.1) is 16.9 Å². The highest BCUT2D eigenvalue weighted by atomic mass is 15.3. The van der Waals surface area contributed by atoms with Crippen molar-refractivity contribution in [2.75, 3.05) is 44.2 Å². The fourth-order valence-electron chi connectivity index (χ4n) is 4.17. The predicted molar refractivity (Wildman–Crippen MR) is 106 cm³/mol. The number of nitrogens with zero attached hydrogens (tertiary/aromatic N) is 4. The van der Waals surface area contributed by atoms with E-state index in [1.807, 2.05) is 6.07 Å². The molecule has 3 heterocycles. The van der Waals surface area contributed by atoms with Crippen LogP contribution in [0.1, 0.15) is 5.69 Å². The molecule has 0 amide bonds. The van der Waals surface area contributed by atoms with E-state index in [4.69, 9.17) is 5.10 Å². The molecule has 2 aromatic carbocycles. The van der Waals surface area contributed by atoms with Gasteiger partial charge >= 0.3 is 0 Å². The molecule has 1 N–H and O–H groups in total. The van der Waals surface area contributed by atoms with Crippen LogP contribution in [0.15, 0.2) is 48.5 Å². The molecule has 0 atom stereocenters. The summed E-state index contributed by atoms with van der Waals surface area (Å²) in [6.07, 6.45) is 0. The molecule has 5 nitrogen and oxygen atoms in total. The highest BCUT2D eigenvalue weighted by Crippen LogP contribution is 2.30. The summed E-state index contributed by atoms with van der Waals surface area (Å²) < 4.78 is 2.07. The number of fused-ring (bicyclic) bond motifs is 1. The van der Waals surface area contributed by atoms with Crippen LogP contribution in [-0.4, -0.2) is 60.0 Å². The lowest BCUT2D eigenvalue weighted by Crippen LogP contribution is -2.62. The Bertz CT molecular complexity index is 905. The Hall–Kier alpha value is -2.37. The van der Waals surface area contributed by atoms with Crippen molar-refractivity contribution in [3.05, 3.63) is 54.2 Å². The van der Waals surface area contributed by atoms with E-state index in [2.05, 4.69) is 69.2 Å². The fourth-order valence-corrected chi connectivity index (χ4v) is 4.17. The Morgan fingerprint density at radius 2 is 1.73 bits per heavy atom. The molecule has 5 heteroatoms. The van der Waals surface area contributed by atoms with E-state index < -0.39 is 0 Å². The fraction of sp³-hybridized carbons (Fsp3) is 0.381. The molecule has 0 radical (unpaired) electrons. The zero-order chi connectivity index (χ0) is 17.5. The van der Waals surface area contributed by atoms with Gasteiger partial charge in [-0.05, 0) is 37.3 Å². The minimum absolute atomic E-state index is 0.702. The van der Waals surface area contributed by atoms with Crippen LogP contribution in [0, 0.1) is 6.92 Å². The maximum atomic E-state index is 4.78. The van der Waals surface area contributed by atoms with E-state index >= 15 is 0 Å². The monoisotopic (exact) mass is 347 g/mol. The SMILES string of the molecule is Cc1nn(-c2ccccc2)c2cc(N3CC(N4CCNCC4)C3)ccc12. The molecule has 134 valence electrons. The van der Waals surface area contributed by atoms with Gasteiger partial charge in [0.1, 0.15) is 0 Å². The number of nitrogens with one attached hydrogen (secondary N) is 1. The summed E-state index contributed by atoms with van der Waals surface area (Å²) in [4.78, 5) is 5.12. The maximum Gasteiger partial charge on any atom is 0.0764 e. The summed E-state index contributed by atoms with van der Waals surface area (Å²) in [5.41, 5.74) is 4.69. The quantitative estimate of drug-likeness (QED) is 0.789. The number of hydrogen-bond donors (Lipinski definition) is 1. The van der Waals surface area contributed by atoms with Crippen molar-refractivity contribution < 1.29 is 0 Å². The number of rotatable bonds is 3. The van der Waals surface area contributed by atoms with E-state index in [0.717, 1.165) is 37.6 Å². The lowest BCUT2D eigenvalue weighted by molar-refractivity contribution is 0.147. The average molecular weight is 347 g/mol. The zero-order valence-electron chi connectivity index (χ0n) is 15.2. The summed E-state index contributed by atoms with van der Waals surface area (Å²) in [6.45, 7) is 8.95. The van der Waals surface area contributed by atoms with Crippen LogP contribution in [0.2, 0.25) is 0 Å². The van der Waals surface area contributed by atoms with Crippen molar-refractivity contribution in [2.45, 2.75) is 13.0 Å². The van der Waals surface area contributed by atoms with Gasteiger partial charge in [0.15, 0.2) is 0 Å². The second-order valence-corrected chi connectivity index (χ2v) is 7.38. The summed E-state index contributed by atoms with van der Waals surface area (Å²) in [5, 5.41) is 9.45. The van der Waals surface area contributed by atoms with Gasteiger partial charge in [0.2, 0.25) is 0 Å². The lowest BCUT2D eigenvalue weighted by atomic mass is 10.0. The van der Waals surface area contributed by atoms with Crippen LogP contribution in [0.4, 0.5) is 5.69 Å². The van der Waals surface area contributed by atoms with Crippen molar-refractivity contribution in [3.8, 4) is 5.69 Å². The molecule has 1 aromatic heterocycles. The van der Waals surface area contributed by atoms with E-state index in [0.29, 0.717) is 6.04 Å². The average Bonchev–Trinajstić information content (AvgIpc) is 2.99. The van der Waals surface area contributed by atoms with Crippen LogP contribution in [0.5, 0.6) is 0 Å². The van der Waals surface area contributed by atoms with Gasteiger partial charge in [-0.25, -0.2) is 4.68 Å². The first-order valence-electron chi connectivity index (χ1n) is 9.54. The molecule has 2 saturated heterocycles. The van der Waals surface area contributed by atoms with Crippen molar-refractivity contribution in [1.29, 1.82) is 0 Å². The standard InChI is InChI=1S/C21H25N5/c1-16-20-8-7-18(25-14-19(15-25)24-11-9-22-10-12-24)13-21(20)26(23-16)17-5-3-2-4-6-17/h2-8,13,19,22H,9-12,14-15H2,1H3. The van der Waals surface area contributed by atoms with Crippen LogP contribution < -0.4 is 10.2 Å². The van der Waals surface area contributed by atoms with E-state index in [1.54, 1.807) is 0 Å². The summed E-state index contributed by atoms with van der Waals surface area (Å²) in [6, 6.07) is 17.9. The summed E-state index contributed by atoms with van der Waals surface area (Å²) in [5.74, 6) is 0. The van der Waals surface area contributed by atoms with Crippen molar-refractivity contribution in [2.24, 2.45) is 0 Å². The van der Waals surface area contributed by atoms with E-state index in [9.17, 15) is 0 Å². The molecule has 3 aromatic rings. The van der Waals surface area contributed by atoms with Crippen LogP contribution in [0.3, 0.4) is 0 Å². The van der Waals surface area contributed by atoms with Crippen LogP contribution in [-0.2, 0) is 0 Å². The van der Waals surface area contributed by atoms with E-state index in [1.165, 1.54) is 29.7 Å². The first kappa shape index (κ1) is 15.9. The van der Waals surface area contributed by atoms with Crippen molar-refractivity contribution >= 4 is 16.6 Å². The molecule has 0 spiro atoms. The highest BCUT2D eigenvalue weighted by Gasteiger charge is 2.32. The molecule has 2 fully saturated rings. The topological polar surface area (TPSA) is 36.3 Å². The number of anilines is 1. The number of hydrogen-bond acceptors (Lipinski definition) is 4. The van der Waals surface area contributed by atoms with Gasteiger partial charge in [-0.2, -0.15) is 5.10 Å². The minimum Gasteiger partial charge on any atom is -0.368 e. The third kappa shape index (κ3) is 2.68. The molecule has 5 rings (SSSR count). The van der Waals surface area contributed by atoms with Gasteiger partial charge in [-0.1, -0.05) is 18.2 Å². The largest absolute Gasteiger partial charge is 0.368 e. The van der Waals surface area contributed by atoms with Gasteiger partial charge in [0.25, 0.3) is 0 Å². The van der Waals surface area contributed by atoms with Crippen molar-refractivity contribution in [3.63, 3.8) is 0 Å². The Balaban J connectivity index is 1.42. The van der Waals surface area contributed by atoms with Crippen LogP contribution in [0.25, 0.3) is 16.6 Å². The maximum absolute atomic E-state index is 4.78. The Morgan fingerprint density at radius 1 is 0.962 bits per heavy atom. The molecule has 0 saturated carbocycles. The third-order valence-corrected chi connectivity index (χ3v) is 5.75. The van der Waals surface area contributed by atoms with Crippen molar-refractivity contribution in [1.82, 2.24) is 20.0 Å². The number of para-hydroxylation sites is 1. The molecule has 2 aliphatic rings. The molecular weight excluding hydrogens is 322 g/mol. The van der Waals surface area contributed by atoms with Crippen LogP contribution >= 0.6 is 0 Å². The van der Waals surface area contributed by atoms with Gasteiger partial charge < -0.3 is 10.2 Å². The molecule has 26 heavy (non-hydrogen) atoms. The molecule has 2 aliphatic heterocycles. The summed E-state index contributed by atoms with van der Waals surface area (Å²) >= 11 is 0. The molecule has 0 aliphatic carbocycles. The number of piperazine rings is 1. The van der Waals surface area contributed by atoms with Gasteiger partial charge in [-0.15, -0.1) is 0 Å². The Kier molecular flexibility index (Phi) is 3.91. The van der Waals surface area contributed by atoms with Gasteiger partial charge in [0, 0.05) is 56.4 Å². The number of aryl methyl sites for hydroxylation is 1. The Labute approximate surface area is 154 Å². The normalized spacial score (nSPS) is 19.0. The summed E-state index contributed by atoms with van der Waals surface area (Å²) in [7, 11) is 0. The lowest BCUT2D eigenvalue weighted by Gasteiger charge is -2.48. The minimum atomic E-state index is 0.702. The molecule has 0 bridgehead atoms. The first-order valence-corrected chi connectivity index (χ1v) is 9.54. The third-order valence-electron chi connectivity index (χ3n) is 5.75. The smallest absolute Gasteiger partial charge is 0.0764 e. The second-order valence-electron chi connectivity index (χ2n) is 7.38. The zero-order valence-corrected chi connectivity index (χ0v) is 15.2. The number of aromatic nitrogens is 2. The molecular formula is C21H25N5. The Morgan fingerprint density at radius 3 is 2.50 bits per heavy atom. The van der Waals surface area contributed by atoms with E-state index in [-0.39, 0.29) is 0 Å². The second kappa shape index (κ2) is 6.41. The predicted octanol–water partition coefficient (Wildman–Crippen LogP) is 2.43.